The van der Waals surface area contributed by atoms with E-state index in [-0.39, 0.29) is 5.60 Å². The summed E-state index contributed by atoms with van der Waals surface area (Å²) in [6, 6.07) is 0. The molecule has 0 radical (unpaired) electrons. The molecule has 2 rings (SSSR count). The molecule has 1 saturated heterocycles. The molecule has 0 spiro atoms. The lowest BCUT2D eigenvalue weighted by molar-refractivity contribution is -0.0762. The van der Waals surface area contributed by atoms with Crippen molar-refractivity contribution in [1.29, 1.82) is 0 Å². The van der Waals surface area contributed by atoms with Crippen molar-refractivity contribution in [3.8, 4) is 0 Å². The average molecular weight is 266 g/mol. The summed E-state index contributed by atoms with van der Waals surface area (Å²) in [5.41, 5.74) is 2.28. The van der Waals surface area contributed by atoms with Crippen molar-refractivity contribution in [2.45, 2.75) is 52.7 Å². The molecule has 1 aromatic rings. The molecule has 0 bridgehead atoms. The molecule has 0 unspecified atom stereocenters. The van der Waals surface area contributed by atoms with E-state index in [9.17, 15) is 0 Å². The molecule has 4 nitrogen and oxygen atoms in total. The summed E-state index contributed by atoms with van der Waals surface area (Å²) < 4.78 is 11.0. The van der Waals surface area contributed by atoms with Gasteiger partial charge in [0.2, 0.25) is 0 Å². The zero-order valence-electron chi connectivity index (χ0n) is 12.8. The van der Waals surface area contributed by atoms with E-state index in [0.29, 0.717) is 5.92 Å². The molecule has 2 heterocycles. The molecule has 19 heavy (non-hydrogen) atoms. The summed E-state index contributed by atoms with van der Waals surface area (Å²) in [5, 5.41) is 4.02. The highest BCUT2D eigenvalue weighted by molar-refractivity contribution is 5.20. The van der Waals surface area contributed by atoms with Crippen molar-refractivity contribution in [2.24, 2.45) is 5.92 Å². The van der Waals surface area contributed by atoms with Gasteiger partial charge in [0, 0.05) is 25.3 Å². The Morgan fingerprint density at radius 2 is 2.11 bits per heavy atom. The van der Waals surface area contributed by atoms with E-state index in [1.807, 2.05) is 13.8 Å². The molecular formula is C15H26N2O2. The maximum Gasteiger partial charge on any atom is 0.138 e. The maximum atomic E-state index is 5.78. The van der Waals surface area contributed by atoms with Gasteiger partial charge in [-0.15, -0.1) is 0 Å². The first kappa shape index (κ1) is 14.5. The third kappa shape index (κ3) is 3.80. The SMILES string of the molecule is Cc1noc(C)c1CN(C)C[C@H]1CCOC(C)(C)C1. The Kier molecular flexibility index (Phi) is 4.31. The summed E-state index contributed by atoms with van der Waals surface area (Å²) in [7, 11) is 2.17. The van der Waals surface area contributed by atoms with Crippen molar-refractivity contribution in [2.75, 3.05) is 20.2 Å². The van der Waals surface area contributed by atoms with Crippen LogP contribution >= 0.6 is 0 Å². The number of nitrogens with zero attached hydrogens (tertiary/aromatic N) is 2. The smallest absolute Gasteiger partial charge is 0.138 e. The normalized spacial score (nSPS) is 22.9. The molecule has 1 atom stereocenters. The quantitative estimate of drug-likeness (QED) is 0.840. The number of hydrogen-bond donors (Lipinski definition) is 0. The molecule has 0 saturated carbocycles. The van der Waals surface area contributed by atoms with Crippen LogP contribution in [-0.2, 0) is 11.3 Å². The fraction of sp³-hybridized carbons (Fsp3) is 0.800. The van der Waals surface area contributed by atoms with Crippen LogP contribution in [0.4, 0.5) is 0 Å². The molecule has 0 N–H and O–H groups in total. The molecular weight excluding hydrogens is 240 g/mol. The van der Waals surface area contributed by atoms with Gasteiger partial charge >= 0.3 is 0 Å². The fourth-order valence-corrected chi connectivity index (χ4v) is 3.02. The van der Waals surface area contributed by atoms with Crippen molar-refractivity contribution < 1.29 is 9.26 Å². The van der Waals surface area contributed by atoms with Crippen LogP contribution in [0.5, 0.6) is 0 Å². The summed E-state index contributed by atoms with van der Waals surface area (Å²) >= 11 is 0. The zero-order chi connectivity index (χ0) is 14.0. The Bertz CT molecular complexity index is 406. The topological polar surface area (TPSA) is 38.5 Å². The van der Waals surface area contributed by atoms with Crippen LogP contribution in [0.1, 0.15) is 43.7 Å². The van der Waals surface area contributed by atoms with Crippen LogP contribution < -0.4 is 0 Å². The molecule has 0 aliphatic carbocycles. The molecule has 1 aliphatic heterocycles. The van der Waals surface area contributed by atoms with Crippen LogP contribution in [0.15, 0.2) is 4.52 Å². The van der Waals surface area contributed by atoms with Crippen LogP contribution in [-0.4, -0.2) is 35.9 Å². The predicted octanol–water partition coefficient (Wildman–Crippen LogP) is 2.93. The Labute approximate surface area is 116 Å². The Morgan fingerprint density at radius 3 is 2.68 bits per heavy atom. The molecule has 108 valence electrons. The van der Waals surface area contributed by atoms with Gasteiger partial charge in [0.25, 0.3) is 0 Å². The first-order valence-corrected chi connectivity index (χ1v) is 7.11. The van der Waals surface area contributed by atoms with Crippen molar-refractivity contribution in [3.63, 3.8) is 0 Å². The number of hydrogen-bond acceptors (Lipinski definition) is 4. The lowest BCUT2D eigenvalue weighted by Gasteiger charge is -2.37. The van der Waals surface area contributed by atoms with E-state index < -0.39 is 0 Å². The first-order valence-electron chi connectivity index (χ1n) is 7.11. The van der Waals surface area contributed by atoms with Crippen molar-refractivity contribution in [1.82, 2.24) is 10.1 Å². The van der Waals surface area contributed by atoms with Crippen molar-refractivity contribution in [3.05, 3.63) is 17.0 Å². The van der Waals surface area contributed by atoms with E-state index in [4.69, 9.17) is 9.26 Å². The highest BCUT2D eigenvalue weighted by atomic mass is 16.5. The monoisotopic (exact) mass is 266 g/mol. The van der Waals surface area contributed by atoms with Gasteiger partial charge in [-0.3, -0.25) is 0 Å². The molecule has 4 heteroatoms. The summed E-state index contributed by atoms with van der Waals surface area (Å²) in [4.78, 5) is 2.37. The second kappa shape index (κ2) is 5.63. The summed E-state index contributed by atoms with van der Waals surface area (Å²) in [6.07, 6.45) is 2.30. The molecule has 1 aromatic heterocycles. The Balaban J connectivity index is 1.89. The van der Waals surface area contributed by atoms with Crippen LogP contribution in [0, 0.1) is 19.8 Å². The van der Waals surface area contributed by atoms with Gasteiger partial charge in [-0.25, -0.2) is 0 Å². The van der Waals surface area contributed by atoms with E-state index in [1.165, 1.54) is 5.56 Å². The van der Waals surface area contributed by atoms with Gasteiger partial charge in [0.1, 0.15) is 5.76 Å². The van der Waals surface area contributed by atoms with Crippen LogP contribution in [0.2, 0.25) is 0 Å². The molecule has 0 amide bonds. The molecule has 1 aliphatic rings. The zero-order valence-corrected chi connectivity index (χ0v) is 12.8. The van der Waals surface area contributed by atoms with Gasteiger partial charge < -0.3 is 14.2 Å². The minimum absolute atomic E-state index is 0.0345. The van der Waals surface area contributed by atoms with Gasteiger partial charge in [0.15, 0.2) is 0 Å². The van der Waals surface area contributed by atoms with Crippen LogP contribution in [0.3, 0.4) is 0 Å². The Morgan fingerprint density at radius 1 is 1.37 bits per heavy atom. The van der Waals surface area contributed by atoms with E-state index in [0.717, 1.165) is 44.0 Å². The highest BCUT2D eigenvalue weighted by Gasteiger charge is 2.29. The first-order chi connectivity index (χ1) is 8.87. The lowest BCUT2D eigenvalue weighted by atomic mass is 9.88. The molecule has 0 aromatic carbocycles. The van der Waals surface area contributed by atoms with E-state index in [1.54, 1.807) is 0 Å². The third-order valence-electron chi connectivity index (χ3n) is 3.98. The minimum Gasteiger partial charge on any atom is -0.376 e. The highest BCUT2D eigenvalue weighted by Crippen LogP contribution is 2.29. The fourth-order valence-electron chi connectivity index (χ4n) is 3.02. The molecule has 1 fully saturated rings. The Hall–Kier alpha value is -0.870. The van der Waals surface area contributed by atoms with Gasteiger partial charge in [0.05, 0.1) is 11.3 Å². The lowest BCUT2D eigenvalue weighted by Crippen LogP contribution is -2.38. The average Bonchev–Trinajstić information content (AvgIpc) is 2.59. The van der Waals surface area contributed by atoms with Crippen LogP contribution in [0.25, 0.3) is 0 Å². The van der Waals surface area contributed by atoms with Gasteiger partial charge in [-0.05, 0) is 53.5 Å². The summed E-state index contributed by atoms with van der Waals surface area (Å²) in [5.74, 6) is 1.66. The van der Waals surface area contributed by atoms with Gasteiger partial charge in [-0.2, -0.15) is 0 Å². The standard InChI is InChI=1S/C15H26N2O2/c1-11-14(12(2)19-16-11)10-17(5)9-13-6-7-18-15(3,4)8-13/h13H,6-10H2,1-5H3/t13-/m0/s1. The minimum atomic E-state index is 0.0345. The number of ether oxygens (including phenoxy) is 1. The number of rotatable bonds is 4. The van der Waals surface area contributed by atoms with Gasteiger partial charge in [-0.1, -0.05) is 5.16 Å². The summed E-state index contributed by atoms with van der Waals surface area (Å²) in [6.45, 7) is 11.3. The second-order valence-electron chi connectivity index (χ2n) is 6.47. The van der Waals surface area contributed by atoms with E-state index >= 15 is 0 Å². The van der Waals surface area contributed by atoms with Crippen molar-refractivity contribution >= 4 is 0 Å². The number of aromatic nitrogens is 1. The third-order valence-corrected chi connectivity index (χ3v) is 3.98. The van der Waals surface area contributed by atoms with E-state index in [2.05, 4.69) is 31.0 Å². The largest absolute Gasteiger partial charge is 0.376 e. The number of aryl methyl sites for hydroxylation is 2. The predicted molar refractivity (Wildman–Crippen MR) is 75.1 cm³/mol. The maximum absolute atomic E-state index is 5.78. The second-order valence-corrected chi connectivity index (χ2v) is 6.47.